The van der Waals surface area contributed by atoms with Gasteiger partial charge < -0.3 is 10.0 Å². The van der Waals surface area contributed by atoms with Crippen molar-refractivity contribution in [2.24, 2.45) is 0 Å². The van der Waals surface area contributed by atoms with Crippen molar-refractivity contribution in [3.05, 3.63) is 23.0 Å². The van der Waals surface area contributed by atoms with E-state index in [1.807, 2.05) is 22.9 Å². The average molecular weight is 279 g/mol. The van der Waals surface area contributed by atoms with Crippen LogP contribution in [0.25, 0.3) is 4.96 Å². The van der Waals surface area contributed by atoms with Crippen LogP contribution in [0.1, 0.15) is 24.7 Å². The van der Waals surface area contributed by atoms with E-state index in [1.165, 1.54) is 0 Å². The molecule has 0 bridgehead atoms. The Hall–Kier alpha value is -1.40. The Morgan fingerprint density at radius 1 is 1.63 bits per heavy atom. The Bertz CT molecular complexity index is 629. The zero-order chi connectivity index (χ0) is 13.6. The number of carbonyl (C=O) groups excluding carboxylic acids is 1. The summed E-state index contributed by atoms with van der Waals surface area (Å²) in [6.45, 7) is 4.80. The largest absolute Gasteiger partial charge is 0.388 e. The number of rotatable bonds is 2. The topological polar surface area (TPSA) is 57.8 Å². The Labute approximate surface area is 115 Å². The van der Waals surface area contributed by atoms with Gasteiger partial charge in [0.05, 0.1) is 17.7 Å². The lowest BCUT2D eigenvalue weighted by Gasteiger charge is -2.18. The van der Waals surface area contributed by atoms with Gasteiger partial charge in [0.15, 0.2) is 4.96 Å². The standard InChI is InChI=1S/C13H17N3O2S/c1-9-6-16-10(7-19-12(16)14-9)5-11(17)15-4-3-13(2,18)8-15/h6-7,18H,3-5,8H2,1-2H3. The molecule has 0 aliphatic carbocycles. The highest BCUT2D eigenvalue weighted by Gasteiger charge is 2.33. The molecule has 0 saturated carbocycles. The molecule has 1 atom stereocenters. The van der Waals surface area contributed by atoms with Gasteiger partial charge in [-0.15, -0.1) is 11.3 Å². The molecule has 1 amide bonds. The monoisotopic (exact) mass is 279 g/mol. The number of aryl methyl sites for hydroxylation is 1. The minimum absolute atomic E-state index is 0.0730. The van der Waals surface area contributed by atoms with E-state index in [2.05, 4.69) is 4.98 Å². The second-order valence-electron chi connectivity index (χ2n) is 5.50. The zero-order valence-electron chi connectivity index (χ0n) is 11.1. The van der Waals surface area contributed by atoms with Gasteiger partial charge in [-0.25, -0.2) is 4.98 Å². The number of β-amino-alcohol motifs (C(OH)–C–C–N with tert-alkyl or cyclic N) is 1. The van der Waals surface area contributed by atoms with Crippen molar-refractivity contribution in [2.45, 2.75) is 32.3 Å². The second-order valence-corrected chi connectivity index (χ2v) is 6.34. The van der Waals surface area contributed by atoms with Gasteiger partial charge in [-0.05, 0) is 20.3 Å². The molecule has 1 fully saturated rings. The second kappa shape index (κ2) is 4.31. The van der Waals surface area contributed by atoms with Crippen molar-refractivity contribution in [3.63, 3.8) is 0 Å². The fourth-order valence-corrected chi connectivity index (χ4v) is 3.41. The van der Waals surface area contributed by atoms with Gasteiger partial charge in [0.1, 0.15) is 0 Å². The lowest BCUT2D eigenvalue weighted by atomic mass is 10.1. The zero-order valence-corrected chi connectivity index (χ0v) is 11.9. The lowest BCUT2D eigenvalue weighted by Crippen LogP contribution is -2.34. The smallest absolute Gasteiger partial charge is 0.228 e. The molecule has 5 nitrogen and oxygen atoms in total. The average Bonchev–Trinajstić information content (AvgIpc) is 2.95. The van der Waals surface area contributed by atoms with Crippen LogP contribution in [0, 0.1) is 6.92 Å². The van der Waals surface area contributed by atoms with Crippen molar-refractivity contribution in [1.82, 2.24) is 14.3 Å². The third kappa shape index (κ3) is 2.37. The van der Waals surface area contributed by atoms with Crippen LogP contribution in [0.5, 0.6) is 0 Å². The Kier molecular flexibility index (Phi) is 2.87. The van der Waals surface area contributed by atoms with Gasteiger partial charge in [-0.3, -0.25) is 9.20 Å². The van der Waals surface area contributed by atoms with E-state index in [1.54, 1.807) is 23.2 Å². The van der Waals surface area contributed by atoms with E-state index in [0.29, 0.717) is 25.9 Å². The minimum atomic E-state index is -0.731. The van der Waals surface area contributed by atoms with Crippen molar-refractivity contribution in [3.8, 4) is 0 Å². The molecular formula is C13H17N3O2S. The van der Waals surface area contributed by atoms with Gasteiger partial charge >= 0.3 is 0 Å². The molecule has 102 valence electrons. The van der Waals surface area contributed by atoms with E-state index >= 15 is 0 Å². The highest BCUT2D eigenvalue weighted by Crippen LogP contribution is 2.22. The highest BCUT2D eigenvalue weighted by molar-refractivity contribution is 7.15. The fourth-order valence-electron chi connectivity index (χ4n) is 2.49. The van der Waals surface area contributed by atoms with Crippen LogP contribution >= 0.6 is 11.3 Å². The number of fused-ring (bicyclic) bond motifs is 1. The molecule has 6 heteroatoms. The number of thiazole rings is 1. The van der Waals surface area contributed by atoms with Crippen LogP contribution in [-0.2, 0) is 11.2 Å². The summed E-state index contributed by atoms with van der Waals surface area (Å²) in [6, 6.07) is 0. The highest BCUT2D eigenvalue weighted by atomic mass is 32.1. The van der Waals surface area contributed by atoms with Gasteiger partial charge in [0, 0.05) is 30.4 Å². The molecule has 3 rings (SSSR count). The number of carbonyl (C=O) groups is 1. The number of nitrogens with zero attached hydrogens (tertiary/aromatic N) is 3. The number of aliphatic hydroxyl groups is 1. The molecule has 3 heterocycles. The maximum Gasteiger partial charge on any atom is 0.228 e. The summed E-state index contributed by atoms with van der Waals surface area (Å²) in [4.78, 5) is 19.3. The van der Waals surface area contributed by atoms with E-state index in [4.69, 9.17) is 0 Å². The van der Waals surface area contributed by atoms with Crippen molar-refractivity contribution >= 4 is 22.2 Å². The first-order chi connectivity index (χ1) is 8.94. The summed E-state index contributed by atoms with van der Waals surface area (Å²) in [5.74, 6) is 0.0730. The van der Waals surface area contributed by atoms with Crippen LogP contribution in [0.4, 0.5) is 0 Å². The SMILES string of the molecule is Cc1cn2c(CC(=O)N3CCC(C)(O)C3)csc2n1. The number of imidazole rings is 1. The maximum absolute atomic E-state index is 12.2. The van der Waals surface area contributed by atoms with Crippen LogP contribution in [0.2, 0.25) is 0 Å². The van der Waals surface area contributed by atoms with E-state index in [0.717, 1.165) is 16.3 Å². The summed E-state index contributed by atoms with van der Waals surface area (Å²) >= 11 is 1.55. The predicted octanol–water partition coefficient (Wildman–Crippen LogP) is 1.23. The number of aromatic nitrogens is 2. The fraction of sp³-hybridized carbons (Fsp3) is 0.538. The first kappa shape index (κ1) is 12.6. The Morgan fingerprint density at radius 3 is 3.11 bits per heavy atom. The Morgan fingerprint density at radius 2 is 2.42 bits per heavy atom. The Balaban J connectivity index is 1.76. The maximum atomic E-state index is 12.2. The van der Waals surface area contributed by atoms with Gasteiger partial charge in [0.25, 0.3) is 0 Å². The molecule has 1 aliphatic heterocycles. The molecule has 0 aromatic carbocycles. The van der Waals surface area contributed by atoms with Gasteiger partial charge in [0.2, 0.25) is 5.91 Å². The molecule has 2 aromatic rings. The minimum Gasteiger partial charge on any atom is -0.388 e. The summed E-state index contributed by atoms with van der Waals surface area (Å²) in [5, 5.41) is 11.9. The third-order valence-corrected chi connectivity index (χ3v) is 4.43. The molecule has 1 N–H and O–H groups in total. The summed E-state index contributed by atoms with van der Waals surface area (Å²) in [5.41, 5.74) is 1.20. The molecule has 2 aromatic heterocycles. The third-order valence-electron chi connectivity index (χ3n) is 3.54. The molecule has 19 heavy (non-hydrogen) atoms. The summed E-state index contributed by atoms with van der Waals surface area (Å²) in [7, 11) is 0. The first-order valence-electron chi connectivity index (χ1n) is 6.37. The van der Waals surface area contributed by atoms with Crippen LogP contribution < -0.4 is 0 Å². The van der Waals surface area contributed by atoms with Crippen LogP contribution in [-0.4, -0.2) is 44.0 Å². The normalized spacial score (nSPS) is 23.4. The van der Waals surface area contributed by atoms with Gasteiger partial charge in [-0.2, -0.15) is 0 Å². The molecule has 0 radical (unpaired) electrons. The van der Waals surface area contributed by atoms with Crippen molar-refractivity contribution < 1.29 is 9.90 Å². The molecule has 1 saturated heterocycles. The summed E-state index contributed by atoms with van der Waals surface area (Å²) in [6.07, 6.45) is 2.97. The van der Waals surface area contributed by atoms with Crippen LogP contribution in [0.15, 0.2) is 11.6 Å². The molecule has 1 unspecified atom stereocenters. The lowest BCUT2D eigenvalue weighted by molar-refractivity contribution is -0.130. The van der Waals surface area contributed by atoms with Crippen LogP contribution in [0.3, 0.4) is 0 Å². The van der Waals surface area contributed by atoms with E-state index in [-0.39, 0.29) is 5.91 Å². The summed E-state index contributed by atoms with van der Waals surface area (Å²) < 4.78 is 1.98. The van der Waals surface area contributed by atoms with Crippen molar-refractivity contribution in [2.75, 3.05) is 13.1 Å². The van der Waals surface area contributed by atoms with Crippen molar-refractivity contribution in [1.29, 1.82) is 0 Å². The molecular weight excluding hydrogens is 262 g/mol. The molecule has 1 aliphatic rings. The first-order valence-corrected chi connectivity index (χ1v) is 7.25. The predicted molar refractivity (Wildman–Crippen MR) is 73.3 cm³/mol. The number of hydrogen-bond donors (Lipinski definition) is 1. The number of amides is 1. The number of hydrogen-bond acceptors (Lipinski definition) is 4. The molecule has 0 spiro atoms. The van der Waals surface area contributed by atoms with Gasteiger partial charge in [-0.1, -0.05) is 0 Å². The van der Waals surface area contributed by atoms with E-state index in [9.17, 15) is 9.90 Å². The number of likely N-dealkylation sites (tertiary alicyclic amines) is 1. The quantitative estimate of drug-likeness (QED) is 0.899. The van der Waals surface area contributed by atoms with E-state index < -0.39 is 5.60 Å².